The minimum Gasteiger partial charge on any atom is -0.465 e. The molecule has 2 N–H and O–H groups in total. The SMILES string of the molecule is COC(=O)c1c(N)sc(CCN2CCCCCC2)c1-c1ccccc1. The van der Waals surface area contributed by atoms with Crippen molar-refractivity contribution in [3.05, 3.63) is 40.8 Å². The Morgan fingerprint density at radius 3 is 2.48 bits per heavy atom. The molecular formula is C20H26N2O2S. The van der Waals surface area contributed by atoms with E-state index in [0.717, 1.165) is 24.1 Å². The van der Waals surface area contributed by atoms with E-state index in [9.17, 15) is 4.79 Å². The number of carbonyl (C=O) groups excluding carboxylic acids is 1. The van der Waals surface area contributed by atoms with E-state index < -0.39 is 0 Å². The van der Waals surface area contributed by atoms with E-state index in [4.69, 9.17) is 10.5 Å². The Morgan fingerprint density at radius 2 is 1.84 bits per heavy atom. The zero-order valence-corrected chi connectivity index (χ0v) is 15.6. The maximum absolute atomic E-state index is 12.3. The number of nitrogen functional groups attached to an aromatic ring is 1. The van der Waals surface area contributed by atoms with Gasteiger partial charge < -0.3 is 15.4 Å². The normalized spacial score (nSPS) is 15.7. The van der Waals surface area contributed by atoms with Crippen LogP contribution < -0.4 is 5.73 Å². The van der Waals surface area contributed by atoms with E-state index in [-0.39, 0.29) is 5.97 Å². The van der Waals surface area contributed by atoms with Gasteiger partial charge in [0.2, 0.25) is 0 Å². The van der Waals surface area contributed by atoms with Crippen molar-refractivity contribution in [1.82, 2.24) is 4.90 Å². The van der Waals surface area contributed by atoms with Gasteiger partial charge in [0.15, 0.2) is 0 Å². The molecule has 0 atom stereocenters. The summed E-state index contributed by atoms with van der Waals surface area (Å²) in [6.45, 7) is 3.36. The minimum absolute atomic E-state index is 0.353. The second-order valence-electron chi connectivity index (χ2n) is 6.50. The molecule has 1 fully saturated rings. The van der Waals surface area contributed by atoms with Gasteiger partial charge >= 0.3 is 5.97 Å². The number of ether oxygens (including phenoxy) is 1. The molecule has 0 amide bonds. The van der Waals surface area contributed by atoms with Crippen LogP contribution in [0.15, 0.2) is 30.3 Å². The van der Waals surface area contributed by atoms with E-state index in [1.807, 2.05) is 30.3 Å². The van der Waals surface area contributed by atoms with Crippen molar-refractivity contribution in [2.45, 2.75) is 32.1 Å². The van der Waals surface area contributed by atoms with E-state index in [1.54, 1.807) is 0 Å². The fourth-order valence-electron chi connectivity index (χ4n) is 3.51. The van der Waals surface area contributed by atoms with Crippen molar-refractivity contribution < 1.29 is 9.53 Å². The highest BCUT2D eigenvalue weighted by Gasteiger charge is 2.24. The zero-order chi connectivity index (χ0) is 17.6. The molecule has 134 valence electrons. The first-order chi connectivity index (χ1) is 12.2. The molecule has 25 heavy (non-hydrogen) atoms. The molecule has 4 nitrogen and oxygen atoms in total. The smallest absolute Gasteiger partial charge is 0.341 e. The van der Waals surface area contributed by atoms with Crippen LogP contribution in [0.2, 0.25) is 0 Å². The maximum atomic E-state index is 12.3. The molecule has 3 rings (SSSR count). The van der Waals surface area contributed by atoms with Gasteiger partial charge in [0.1, 0.15) is 10.6 Å². The molecule has 1 aliphatic rings. The number of hydrogen-bond acceptors (Lipinski definition) is 5. The number of nitrogens with zero attached hydrogens (tertiary/aromatic N) is 1. The van der Waals surface area contributed by atoms with Gasteiger partial charge in [-0.25, -0.2) is 4.79 Å². The Balaban J connectivity index is 1.89. The molecule has 1 aromatic carbocycles. The monoisotopic (exact) mass is 358 g/mol. The first-order valence-electron chi connectivity index (χ1n) is 8.98. The fourth-order valence-corrected chi connectivity index (χ4v) is 4.58. The Bertz CT molecular complexity index is 704. The lowest BCUT2D eigenvalue weighted by Crippen LogP contribution is -2.26. The number of likely N-dealkylation sites (tertiary alicyclic amines) is 1. The third-order valence-electron chi connectivity index (χ3n) is 4.81. The molecule has 1 aromatic heterocycles. The van der Waals surface area contributed by atoms with Crippen molar-refractivity contribution in [3.8, 4) is 11.1 Å². The Hall–Kier alpha value is -1.85. The van der Waals surface area contributed by atoms with Gasteiger partial charge in [0.05, 0.1) is 7.11 Å². The molecule has 2 aromatic rings. The van der Waals surface area contributed by atoms with E-state index in [2.05, 4.69) is 4.90 Å². The van der Waals surface area contributed by atoms with Crippen LogP contribution in [0.25, 0.3) is 11.1 Å². The lowest BCUT2D eigenvalue weighted by molar-refractivity contribution is 0.0603. The molecule has 0 saturated carbocycles. The molecule has 0 unspecified atom stereocenters. The third-order valence-corrected chi connectivity index (χ3v) is 5.89. The van der Waals surface area contributed by atoms with Crippen LogP contribution in [0.4, 0.5) is 5.00 Å². The number of nitrogens with two attached hydrogens (primary N) is 1. The molecule has 1 saturated heterocycles. The highest BCUT2D eigenvalue weighted by atomic mass is 32.1. The first-order valence-corrected chi connectivity index (χ1v) is 9.79. The summed E-state index contributed by atoms with van der Waals surface area (Å²) in [4.78, 5) is 16.0. The summed E-state index contributed by atoms with van der Waals surface area (Å²) in [5.41, 5.74) is 8.69. The van der Waals surface area contributed by atoms with Gasteiger partial charge in [-0.2, -0.15) is 0 Å². The molecule has 5 heteroatoms. The Labute approximate surface area is 153 Å². The average Bonchev–Trinajstić information content (AvgIpc) is 2.80. The summed E-state index contributed by atoms with van der Waals surface area (Å²) >= 11 is 1.52. The van der Waals surface area contributed by atoms with Crippen LogP contribution >= 0.6 is 11.3 Å². The quantitative estimate of drug-likeness (QED) is 0.814. The van der Waals surface area contributed by atoms with Crippen LogP contribution in [-0.2, 0) is 11.2 Å². The average molecular weight is 359 g/mol. The highest BCUT2D eigenvalue weighted by molar-refractivity contribution is 7.17. The second kappa shape index (κ2) is 8.50. The Morgan fingerprint density at radius 1 is 1.16 bits per heavy atom. The molecular weight excluding hydrogens is 332 g/mol. The molecule has 2 heterocycles. The number of thiophene rings is 1. The first kappa shape index (κ1) is 18.0. The van der Waals surface area contributed by atoms with Gasteiger partial charge in [-0.1, -0.05) is 43.2 Å². The maximum Gasteiger partial charge on any atom is 0.341 e. The van der Waals surface area contributed by atoms with Crippen molar-refractivity contribution in [1.29, 1.82) is 0 Å². The number of anilines is 1. The van der Waals surface area contributed by atoms with Crippen molar-refractivity contribution >= 4 is 22.3 Å². The van der Waals surface area contributed by atoms with Gasteiger partial charge in [0, 0.05) is 17.0 Å². The predicted octanol–water partition coefficient (Wildman–Crippen LogP) is 4.20. The lowest BCUT2D eigenvalue weighted by atomic mass is 10.00. The number of methoxy groups -OCH3 is 1. The zero-order valence-electron chi connectivity index (χ0n) is 14.8. The minimum atomic E-state index is -0.353. The summed E-state index contributed by atoms with van der Waals surface area (Å²) < 4.78 is 4.98. The summed E-state index contributed by atoms with van der Waals surface area (Å²) in [7, 11) is 1.41. The Kier molecular flexibility index (Phi) is 6.10. The van der Waals surface area contributed by atoms with E-state index in [0.29, 0.717) is 10.6 Å². The second-order valence-corrected chi connectivity index (χ2v) is 7.64. The van der Waals surface area contributed by atoms with Crippen molar-refractivity contribution in [3.63, 3.8) is 0 Å². The van der Waals surface area contributed by atoms with Crippen LogP contribution in [0, 0.1) is 0 Å². The third kappa shape index (κ3) is 4.22. The predicted molar refractivity (Wildman–Crippen MR) is 104 cm³/mol. The molecule has 0 spiro atoms. The molecule has 1 aliphatic heterocycles. The van der Waals surface area contributed by atoms with Crippen LogP contribution in [0.3, 0.4) is 0 Å². The van der Waals surface area contributed by atoms with E-state index in [1.165, 1.54) is 62.1 Å². The topological polar surface area (TPSA) is 55.6 Å². The number of benzene rings is 1. The summed E-state index contributed by atoms with van der Waals surface area (Å²) in [6, 6.07) is 10.0. The summed E-state index contributed by atoms with van der Waals surface area (Å²) in [6.07, 6.45) is 6.15. The largest absolute Gasteiger partial charge is 0.465 e. The number of carbonyl (C=O) groups is 1. The van der Waals surface area contributed by atoms with Crippen LogP contribution in [0.5, 0.6) is 0 Å². The molecule has 0 aliphatic carbocycles. The number of rotatable bonds is 5. The van der Waals surface area contributed by atoms with Crippen molar-refractivity contribution in [2.75, 3.05) is 32.5 Å². The van der Waals surface area contributed by atoms with E-state index >= 15 is 0 Å². The summed E-state index contributed by atoms with van der Waals surface area (Å²) in [5, 5.41) is 0.552. The van der Waals surface area contributed by atoms with Gasteiger partial charge in [-0.15, -0.1) is 11.3 Å². The lowest BCUT2D eigenvalue weighted by Gasteiger charge is -2.19. The van der Waals surface area contributed by atoms with Crippen LogP contribution in [-0.4, -0.2) is 37.6 Å². The molecule has 0 bridgehead atoms. The van der Waals surface area contributed by atoms with Gasteiger partial charge in [0.25, 0.3) is 0 Å². The molecule has 0 radical (unpaired) electrons. The van der Waals surface area contributed by atoms with Gasteiger partial charge in [-0.3, -0.25) is 0 Å². The van der Waals surface area contributed by atoms with Crippen LogP contribution in [0.1, 0.15) is 40.9 Å². The number of hydrogen-bond donors (Lipinski definition) is 1. The summed E-state index contributed by atoms with van der Waals surface area (Å²) in [5.74, 6) is -0.353. The number of esters is 1. The van der Waals surface area contributed by atoms with Gasteiger partial charge in [-0.05, 0) is 37.9 Å². The highest BCUT2D eigenvalue weighted by Crippen LogP contribution is 2.39. The van der Waals surface area contributed by atoms with Crippen molar-refractivity contribution in [2.24, 2.45) is 0 Å². The standard InChI is InChI=1S/C20H26N2O2S/c1-24-20(23)18-17(15-9-5-4-6-10-15)16(25-19(18)21)11-14-22-12-7-2-3-8-13-22/h4-6,9-10H,2-3,7-8,11-14,21H2,1H3. The fraction of sp³-hybridized carbons (Fsp3) is 0.450.